The number of ether oxygens (including phenoxy) is 1. The first-order valence-electron chi connectivity index (χ1n) is 6.63. The van der Waals surface area contributed by atoms with Crippen LogP contribution in [-0.4, -0.2) is 23.4 Å². The number of hydrogen-bond acceptors (Lipinski definition) is 3. The number of hydrogen-bond donors (Lipinski definition) is 1. The zero-order valence-electron chi connectivity index (χ0n) is 11.8. The van der Waals surface area contributed by atoms with E-state index in [0.29, 0.717) is 0 Å². The van der Waals surface area contributed by atoms with Crippen LogP contribution in [0, 0.1) is 0 Å². The van der Waals surface area contributed by atoms with Gasteiger partial charge in [-0.1, -0.05) is 19.1 Å². The van der Waals surface area contributed by atoms with Crippen molar-refractivity contribution >= 4 is 0 Å². The molecule has 0 aliphatic heterocycles. The minimum absolute atomic E-state index is 0.161. The van der Waals surface area contributed by atoms with Gasteiger partial charge in [-0.05, 0) is 31.2 Å². The Balaban J connectivity index is 2.15. The molecule has 0 spiro atoms. The third kappa shape index (κ3) is 3.35. The first kappa shape index (κ1) is 13.6. The lowest BCUT2D eigenvalue weighted by atomic mass is 10.0. The first-order valence-corrected chi connectivity index (χ1v) is 6.63. The normalized spacial score (nSPS) is 12.4. The Bertz CT molecular complexity index is 504. The van der Waals surface area contributed by atoms with Crippen molar-refractivity contribution in [3.8, 4) is 5.75 Å². The number of nitrogens with zero attached hydrogens (tertiary/aromatic N) is 2. The third-order valence-corrected chi connectivity index (χ3v) is 3.03. The molecular formula is C15H21N3O. The van der Waals surface area contributed by atoms with Gasteiger partial charge < -0.3 is 10.1 Å². The number of aromatic nitrogens is 2. The number of nitrogens with one attached hydrogen (secondary N) is 1. The van der Waals surface area contributed by atoms with Crippen molar-refractivity contribution in [2.24, 2.45) is 7.05 Å². The molecule has 2 rings (SSSR count). The second-order valence-electron chi connectivity index (χ2n) is 4.59. The zero-order chi connectivity index (χ0) is 13.7. The van der Waals surface area contributed by atoms with Crippen LogP contribution in [0.5, 0.6) is 5.75 Å². The molecule has 1 aromatic heterocycles. The van der Waals surface area contributed by atoms with Gasteiger partial charge in [0.2, 0.25) is 0 Å². The highest BCUT2D eigenvalue weighted by atomic mass is 16.5. The molecule has 0 aliphatic carbocycles. The summed E-state index contributed by atoms with van der Waals surface area (Å²) in [5.41, 5.74) is 2.37. The summed E-state index contributed by atoms with van der Waals surface area (Å²) in [5.74, 6) is 0.923. The van der Waals surface area contributed by atoms with Gasteiger partial charge in [0, 0.05) is 18.8 Å². The average molecular weight is 259 g/mol. The molecule has 0 saturated carbocycles. The second kappa shape index (κ2) is 6.38. The van der Waals surface area contributed by atoms with Gasteiger partial charge in [0.05, 0.1) is 18.8 Å². The summed E-state index contributed by atoms with van der Waals surface area (Å²) in [6.45, 7) is 2.87. The third-order valence-electron chi connectivity index (χ3n) is 3.03. The largest absolute Gasteiger partial charge is 0.494 e. The van der Waals surface area contributed by atoms with E-state index in [9.17, 15) is 0 Å². The van der Waals surface area contributed by atoms with Crippen LogP contribution in [0.15, 0.2) is 36.7 Å². The van der Waals surface area contributed by atoms with Crippen molar-refractivity contribution in [3.05, 3.63) is 47.8 Å². The molecule has 0 amide bonds. The van der Waals surface area contributed by atoms with Crippen LogP contribution in [0.25, 0.3) is 0 Å². The molecule has 2 aromatic rings. The van der Waals surface area contributed by atoms with Crippen LogP contribution in [0.3, 0.4) is 0 Å². The van der Waals surface area contributed by atoms with Crippen LogP contribution in [0.4, 0.5) is 0 Å². The van der Waals surface area contributed by atoms with E-state index in [2.05, 4.69) is 29.5 Å². The molecule has 0 saturated heterocycles. The van der Waals surface area contributed by atoms with Crippen molar-refractivity contribution in [1.82, 2.24) is 15.1 Å². The zero-order valence-corrected chi connectivity index (χ0v) is 11.8. The van der Waals surface area contributed by atoms with Crippen molar-refractivity contribution in [3.63, 3.8) is 0 Å². The maximum Gasteiger partial charge on any atom is 0.119 e. The van der Waals surface area contributed by atoms with Crippen molar-refractivity contribution in [2.45, 2.75) is 19.4 Å². The SMILES string of the molecule is CCCOc1ccc(C(NC)c2cnn(C)c2)cc1. The lowest BCUT2D eigenvalue weighted by Gasteiger charge is -2.15. The Morgan fingerprint density at radius 2 is 2.00 bits per heavy atom. The van der Waals surface area contributed by atoms with Gasteiger partial charge in [0.1, 0.15) is 5.75 Å². The minimum Gasteiger partial charge on any atom is -0.494 e. The Labute approximate surface area is 114 Å². The molecule has 0 fully saturated rings. The van der Waals surface area contributed by atoms with Crippen molar-refractivity contribution in [2.75, 3.05) is 13.7 Å². The summed E-state index contributed by atoms with van der Waals surface area (Å²) in [7, 11) is 3.89. The second-order valence-corrected chi connectivity index (χ2v) is 4.59. The maximum absolute atomic E-state index is 5.60. The number of aryl methyl sites for hydroxylation is 1. The fourth-order valence-corrected chi connectivity index (χ4v) is 2.09. The molecule has 19 heavy (non-hydrogen) atoms. The molecule has 1 atom stereocenters. The monoisotopic (exact) mass is 259 g/mol. The molecule has 102 valence electrons. The fourth-order valence-electron chi connectivity index (χ4n) is 2.09. The van der Waals surface area contributed by atoms with Gasteiger partial charge in [0.25, 0.3) is 0 Å². The van der Waals surface area contributed by atoms with E-state index in [4.69, 9.17) is 4.74 Å². The topological polar surface area (TPSA) is 39.1 Å². The van der Waals surface area contributed by atoms with E-state index >= 15 is 0 Å². The molecule has 4 heteroatoms. The van der Waals surface area contributed by atoms with E-state index in [1.54, 1.807) is 0 Å². The van der Waals surface area contributed by atoms with E-state index in [1.165, 1.54) is 5.56 Å². The lowest BCUT2D eigenvalue weighted by molar-refractivity contribution is 0.317. The molecule has 1 aromatic carbocycles. The van der Waals surface area contributed by atoms with E-state index in [-0.39, 0.29) is 6.04 Å². The van der Waals surface area contributed by atoms with Gasteiger partial charge >= 0.3 is 0 Å². The molecule has 0 radical (unpaired) electrons. The van der Waals surface area contributed by atoms with Gasteiger partial charge in [-0.2, -0.15) is 5.10 Å². The Kier molecular flexibility index (Phi) is 4.58. The standard InChI is InChI=1S/C15H21N3O/c1-4-9-19-14-7-5-12(6-8-14)15(16-2)13-10-17-18(3)11-13/h5-8,10-11,15-16H,4,9H2,1-3H3. The summed E-state index contributed by atoms with van der Waals surface area (Å²) >= 11 is 0. The summed E-state index contributed by atoms with van der Waals surface area (Å²) in [6.07, 6.45) is 4.95. The Hall–Kier alpha value is -1.81. The summed E-state index contributed by atoms with van der Waals surface area (Å²) in [5, 5.41) is 7.54. The van der Waals surface area contributed by atoms with Crippen LogP contribution in [-0.2, 0) is 7.05 Å². The van der Waals surface area contributed by atoms with E-state index in [1.807, 2.05) is 43.3 Å². The van der Waals surface area contributed by atoms with Crippen LogP contribution >= 0.6 is 0 Å². The van der Waals surface area contributed by atoms with Crippen LogP contribution in [0.2, 0.25) is 0 Å². The highest BCUT2D eigenvalue weighted by Gasteiger charge is 2.13. The Morgan fingerprint density at radius 3 is 2.53 bits per heavy atom. The maximum atomic E-state index is 5.60. The number of rotatable bonds is 6. The van der Waals surface area contributed by atoms with E-state index in [0.717, 1.165) is 24.3 Å². The quantitative estimate of drug-likeness (QED) is 0.866. The highest BCUT2D eigenvalue weighted by Crippen LogP contribution is 2.23. The fraction of sp³-hybridized carbons (Fsp3) is 0.400. The molecule has 1 N–H and O–H groups in total. The molecule has 4 nitrogen and oxygen atoms in total. The van der Waals surface area contributed by atoms with Crippen molar-refractivity contribution < 1.29 is 4.74 Å². The van der Waals surface area contributed by atoms with Crippen LogP contribution < -0.4 is 10.1 Å². The summed E-state index contributed by atoms with van der Waals surface area (Å²) in [6, 6.07) is 8.39. The lowest BCUT2D eigenvalue weighted by Crippen LogP contribution is -2.17. The smallest absolute Gasteiger partial charge is 0.119 e. The van der Waals surface area contributed by atoms with Gasteiger partial charge in [-0.15, -0.1) is 0 Å². The van der Waals surface area contributed by atoms with Gasteiger partial charge in [0.15, 0.2) is 0 Å². The molecular weight excluding hydrogens is 238 g/mol. The predicted molar refractivity (Wildman–Crippen MR) is 76.3 cm³/mol. The predicted octanol–water partition coefficient (Wildman–Crippen LogP) is 2.52. The van der Waals surface area contributed by atoms with Gasteiger partial charge in [-0.25, -0.2) is 0 Å². The molecule has 0 aliphatic rings. The molecule has 1 unspecified atom stereocenters. The Morgan fingerprint density at radius 1 is 1.26 bits per heavy atom. The van der Waals surface area contributed by atoms with Crippen LogP contribution in [0.1, 0.15) is 30.5 Å². The average Bonchev–Trinajstić information content (AvgIpc) is 2.85. The molecule has 1 heterocycles. The van der Waals surface area contributed by atoms with Crippen molar-refractivity contribution in [1.29, 1.82) is 0 Å². The minimum atomic E-state index is 0.161. The summed E-state index contributed by atoms with van der Waals surface area (Å²) < 4.78 is 7.41. The molecule has 0 bridgehead atoms. The van der Waals surface area contributed by atoms with Gasteiger partial charge in [-0.3, -0.25) is 4.68 Å². The first-order chi connectivity index (χ1) is 9.24. The number of benzene rings is 1. The van der Waals surface area contributed by atoms with E-state index < -0.39 is 0 Å². The summed E-state index contributed by atoms with van der Waals surface area (Å²) in [4.78, 5) is 0. The highest BCUT2D eigenvalue weighted by molar-refractivity contribution is 5.34.